The Morgan fingerprint density at radius 3 is 2.36 bits per heavy atom. The van der Waals surface area contributed by atoms with Gasteiger partial charge in [-0.2, -0.15) is 0 Å². The summed E-state index contributed by atoms with van der Waals surface area (Å²) < 4.78 is 0.623. The van der Waals surface area contributed by atoms with E-state index in [4.69, 9.17) is 21.5 Å². The predicted molar refractivity (Wildman–Crippen MR) is 45.2 cm³/mol. The van der Waals surface area contributed by atoms with Gasteiger partial charge in [-0.05, 0) is 6.92 Å². The third-order valence-electron chi connectivity index (χ3n) is 0.591. The molecule has 0 radical (unpaired) electrons. The Hall–Kier alpha value is -0.610. The van der Waals surface area contributed by atoms with Crippen molar-refractivity contribution in [2.75, 3.05) is 0 Å². The minimum absolute atomic E-state index is 0.623. The summed E-state index contributed by atoms with van der Waals surface area (Å²) in [6.45, 7) is 3.00. The predicted octanol–water partition coefficient (Wildman–Crippen LogP) is 2.20. The fraction of sp³-hybridized carbons (Fsp3) is 0.333. The zero-order valence-electron chi connectivity index (χ0n) is 6.17. The summed E-state index contributed by atoms with van der Waals surface area (Å²) in [5.74, 6) is -0.833. The highest BCUT2D eigenvalue weighted by Gasteiger charge is 1.88. The molecule has 0 fully saturated rings. The van der Waals surface area contributed by atoms with Crippen molar-refractivity contribution in [3.8, 4) is 0 Å². The number of aromatic nitrogens is 1. The molecule has 0 unspecified atom stereocenters. The van der Waals surface area contributed by atoms with Crippen molar-refractivity contribution in [2.45, 2.75) is 13.8 Å². The molecule has 5 heteroatoms. The molecule has 1 aromatic heterocycles. The Balaban J connectivity index is 0.000000218. The molecule has 0 spiro atoms. The summed E-state index contributed by atoms with van der Waals surface area (Å²) in [6, 6.07) is 0. The van der Waals surface area contributed by atoms with Gasteiger partial charge in [-0.25, -0.2) is 4.98 Å². The first-order chi connectivity index (χ1) is 5.02. The Labute approximate surface area is 73.7 Å². The molecule has 0 amide bonds. The Morgan fingerprint density at radius 1 is 1.82 bits per heavy atom. The fourth-order valence-electron chi connectivity index (χ4n) is 0.325. The molecule has 0 saturated heterocycles. The standard InChI is InChI=1S/C4H4ClNS.C2H4O2/c1-3-2-7-4(5)6-3;1-2(3)4/h2H,1H3;1H3,(H,3,4). The Morgan fingerprint density at radius 2 is 2.27 bits per heavy atom. The molecule has 0 saturated carbocycles. The van der Waals surface area contributed by atoms with Crippen LogP contribution in [0.4, 0.5) is 0 Å². The van der Waals surface area contributed by atoms with E-state index in [2.05, 4.69) is 4.98 Å². The van der Waals surface area contributed by atoms with Crippen molar-refractivity contribution < 1.29 is 9.90 Å². The van der Waals surface area contributed by atoms with Crippen molar-refractivity contribution >= 4 is 28.9 Å². The van der Waals surface area contributed by atoms with Gasteiger partial charge in [0.05, 0.1) is 0 Å². The van der Waals surface area contributed by atoms with Crippen LogP contribution in [0.2, 0.25) is 4.47 Å². The molecule has 0 bridgehead atoms. The number of aryl methyl sites for hydroxylation is 1. The average Bonchev–Trinajstić information content (AvgIpc) is 2.13. The van der Waals surface area contributed by atoms with Crippen LogP contribution < -0.4 is 0 Å². The van der Waals surface area contributed by atoms with Crippen molar-refractivity contribution in [1.29, 1.82) is 0 Å². The summed E-state index contributed by atoms with van der Waals surface area (Å²) in [5, 5.41) is 9.34. The second-order valence-electron chi connectivity index (χ2n) is 1.76. The lowest BCUT2D eigenvalue weighted by Crippen LogP contribution is -1.78. The SMILES string of the molecule is CC(=O)O.Cc1csc(Cl)n1. The van der Waals surface area contributed by atoms with E-state index in [1.807, 2.05) is 12.3 Å². The summed E-state index contributed by atoms with van der Waals surface area (Å²) in [5.41, 5.74) is 0.995. The largest absolute Gasteiger partial charge is 0.481 e. The molecular formula is C6H8ClNO2S. The first-order valence-corrected chi connectivity index (χ1v) is 4.05. The second kappa shape index (κ2) is 5.09. The number of thiazole rings is 1. The normalized spacial score (nSPS) is 8.27. The number of hydrogen-bond acceptors (Lipinski definition) is 3. The van der Waals surface area contributed by atoms with Crippen molar-refractivity contribution in [3.05, 3.63) is 15.5 Å². The first-order valence-electron chi connectivity index (χ1n) is 2.79. The smallest absolute Gasteiger partial charge is 0.300 e. The first kappa shape index (κ1) is 10.4. The van der Waals surface area contributed by atoms with Crippen LogP contribution in [0, 0.1) is 6.92 Å². The van der Waals surface area contributed by atoms with E-state index in [0.29, 0.717) is 4.47 Å². The molecule has 62 valence electrons. The number of nitrogens with zero attached hydrogens (tertiary/aromatic N) is 1. The maximum Gasteiger partial charge on any atom is 0.300 e. The second-order valence-corrected chi connectivity index (χ2v) is 3.20. The van der Waals surface area contributed by atoms with E-state index in [1.165, 1.54) is 11.3 Å². The molecule has 1 rings (SSSR count). The number of carboxylic acids is 1. The summed E-state index contributed by atoms with van der Waals surface area (Å²) in [4.78, 5) is 12.9. The number of carbonyl (C=O) groups is 1. The van der Waals surface area contributed by atoms with Crippen LogP contribution in [0.3, 0.4) is 0 Å². The van der Waals surface area contributed by atoms with Crippen molar-refractivity contribution in [1.82, 2.24) is 4.98 Å². The molecule has 1 aromatic rings. The number of hydrogen-bond donors (Lipinski definition) is 1. The lowest BCUT2D eigenvalue weighted by atomic mass is 10.6. The van der Waals surface area contributed by atoms with Crippen LogP contribution >= 0.6 is 22.9 Å². The highest BCUT2D eigenvalue weighted by molar-refractivity contribution is 7.13. The topological polar surface area (TPSA) is 50.2 Å². The van der Waals surface area contributed by atoms with E-state index in [-0.39, 0.29) is 0 Å². The van der Waals surface area contributed by atoms with Crippen LogP contribution in [0.15, 0.2) is 5.38 Å². The average molecular weight is 194 g/mol. The van der Waals surface area contributed by atoms with Crippen LogP contribution in [-0.2, 0) is 4.79 Å². The molecule has 0 aromatic carbocycles. The van der Waals surface area contributed by atoms with Crippen molar-refractivity contribution in [2.24, 2.45) is 0 Å². The monoisotopic (exact) mass is 193 g/mol. The van der Waals surface area contributed by atoms with Crippen LogP contribution in [0.1, 0.15) is 12.6 Å². The van der Waals surface area contributed by atoms with E-state index in [0.717, 1.165) is 12.6 Å². The summed E-state index contributed by atoms with van der Waals surface area (Å²) >= 11 is 6.93. The van der Waals surface area contributed by atoms with Crippen LogP contribution in [0.5, 0.6) is 0 Å². The molecule has 0 atom stereocenters. The quantitative estimate of drug-likeness (QED) is 0.687. The lowest BCUT2D eigenvalue weighted by molar-refractivity contribution is -0.134. The zero-order chi connectivity index (χ0) is 8.85. The van der Waals surface area contributed by atoms with Gasteiger partial charge in [0, 0.05) is 18.0 Å². The van der Waals surface area contributed by atoms with E-state index >= 15 is 0 Å². The van der Waals surface area contributed by atoms with Crippen LogP contribution in [0.25, 0.3) is 0 Å². The van der Waals surface area contributed by atoms with Crippen LogP contribution in [-0.4, -0.2) is 16.1 Å². The van der Waals surface area contributed by atoms with Gasteiger partial charge in [0.1, 0.15) is 0 Å². The summed E-state index contributed by atoms with van der Waals surface area (Å²) in [6.07, 6.45) is 0. The van der Waals surface area contributed by atoms with Gasteiger partial charge < -0.3 is 5.11 Å². The molecule has 1 heterocycles. The summed E-state index contributed by atoms with van der Waals surface area (Å²) in [7, 11) is 0. The molecule has 0 aliphatic carbocycles. The highest BCUT2D eigenvalue weighted by Crippen LogP contribution is 2.13. The molecule has 0 aliphatic rings. The maximum absolute atomic E-state index is 9.00. The van der Waals surface area contributed by atoms with Gasteiger partial charge in [-0.3, -0.25) is 4.79 Å². The number of carboxylic acid groups (broad SMARTS) is 1. The minimum Gasteiger partial charge on any atom is -0.481 e. The molecule has 11 heavy (non-hydrogen) atoms. The zero-order valence-corrected chi connectivity index (χ0v) is 7.74. The number of aliphatic carboxylic acids is 1. The van der Waals surface area contributed by atoms with Gasteiger partial charge in [0.25, 0.3) is 5.97 Å². The number of rotatable bonds is 0. The van der Waals surface area contributed by atoms with Crippen molar-refractivity contribution in [3.63, 3.8) is 0 Å². The molecule has 1 N–H and O–H groups in total. The third-order valence-corrected chi connectivity index (χ3v) is 1.69. The van der Waals surface area contributed by atoms with Gasteiger partial charge in [0.2, 0.25) is 0 Å². The minimum atomic E-state index is -0.833. The Kier molecular flexibility index (Phi) is 4.81. The van der Waals surface area contributed by atoms with E-state index < -0.39 is 5.97 Å². The highest BCUT2D eigenvalue weighted by atomic mass is 35.5. The fourth-order valence-corrected chi connectivity index (χ4v) is 1.11. The molecule has 3 nitrogen and oxygen atoms in total. The Bertz CT molecular complexity index is 216. The molecular weight excluding hydrogens is 186 g/mol. The van der Waals surface area contributed by atoms with E-state index in [9.17, 15) is 0 Å². The lowest BCUT2D eigenvalue weighted by Gasteiger charge is -1.68. The third kappa shape index (κ3) is 7.29. The maximum atomic E-state index is 9.00. The van der Waals surface area contributed by atoms with Gasteiger partial charge in [-0.1, -0.05) is 11.6 Å². The molecule has 0 aliphatic heterocycles. The van der Waals surface area contributed by atoms with Gasteiger partial charge in [-0.15, -0.1) is 11.3 Å². The van der Waals surface area contributed by atoms with E-state index in [1.54, 1.807) is 0 Å². The number of halogens is 1. The van der Waals surface area contributed by atoms with Gasteiger partial charge >= 0.3 is 0 Å². The van der Waals surface area contributed by atoms with Gasteiger partial charge in [0.15, 0.2) is 4.47 Å².